The Kier molecular flexibility index (Phi) is 28.9. The number of hydrogen-bond acceptors (Lipinski definition) is 1. The van der Waals surface area contributed by atoms with Crippen molar-refractivity contribution in [2.75, 3.05) is 0 Å². The summed E-state index contributed by atoms with van der Waals surface area (Å²) >= 11 is 0. The lowest BCUT2D eigenvalue weighted by molar-refractivity contribution is -0.0822. The van der Waals surface area contributed by atoms with E-state index in [-0.39, 0.29) is 0 Å². The Morgan fingerprint density at radius 2 is 0.622 bits per heavy atom. The van der Waals surface area contributed by atoms with Crippen LogP contribution in [0.4, 0.5) is 0 Å². The van der Waals surface area contributed by atoms with E-state index in [9.17, 15) is 0 Å². The standard InChI is InChI=1S/C36H74O/c1-7-13-17-19-21-23-25-27-31-35(33(11-5)29-15-9-3)37-36(34(12-6)30-16-10-4)32-28-26-24-22-20-18-14-8-2/h33-36H,7-32H2,1-6H3. The van der Waals surface area contributed by atoms with Crippen molar-refractivity contribution in [3.63, 3.8) is 0 Å². The van der Waals surface area contributed by atoms with Crippen LogP contribution in [0, 0.1) is 11.8 Å². The highest BCUT2D eigenvalue weighted by Crippen LogP contribution is 2.31. The van der Waals surface area contributed by atoms with Crippen molar-refractivity contribution in [3.8, 4) is 0 Å². The molecule has 224 valence electrons. The molecule has 1 heteroatoms. The van der Waals surface area contributed by atoms with Gasteiger partial charge in [0.1, 0.15) is 0 Å². The van der Waals surface area contributed by atoms with Crippen LogP contribution in [0.15, 0.2) is 0 Å². The second kappa shape index (κ2) is 29.0. The summed E-state index contributed by atoms with van der Waals surface area (Å²) in [7, 11) is 0. The third-order valence-corrected chi connectivity index (χ3v) is 8.99. The van der Waals surface area contributed by atoms with E-state index in [4.69, 9.17) is 4.74 Å². The van der Waals surface area contributed by atoms with Crippen LogP contribution in [0.2, 0.25) is 0 Å². The van der Waals surface area contributed by atoms with E-state index in [1.165, 1.54) is 167 Å². The highest BCUT2D eigenvalue weighted by Gasteiger charge is 2.27. The zero-order chi connectivity index (χ0) is 27.4. The van der Waals surface area contributed by atoms with Crippen molar-refractivity contribution in [1.82, 2.24) is 0 Å². The maximum Gasteiger partial charge on any atom is 0.0607 e. The van der Waals surface area contributed by atoms with Crippen LogP contribution in [0.25, 0.3) is 0 Å². The van der Waals surface area contributed by atoms with Crippen LogP contribution in [-0.2, 0) is 4.74 Å². The number of unbranched alkanes of at least 4 members (excludes halogenated alkanes) is 16. The molecule has 0 heterocycles. The first-order valence-electron chi connectivity index (χ1n) is 17.8. The molecule has 0 aromatic rings. The molecule has 0 aliphatic heterocycles. The molecule has 0 aromatic carbocycles. The van der Waals surface area contributed by atoms with Crippen molar-refractivity contribution in [3.05, 3.63) is 0 Å². The van der Waals surface area contributed by atoms with E-state index >= 15 is 0 Å². The predicted octanol–water partition coefficient (Wildman–Crippen LogP) is 13.2. The predicted molar refractivity (Wildman–Crippen MR) is 170 cm³/mol. The average molecular weight is 523 g/mol. The van der Waals surface area contributed by atoms with E-state index in [0.717, 1.165) is 11.8 Å². The van der Waals surface area contributed by atoms with Crippen molar-refractivity contribution in [2.45, 2.75) is 221 Å². The van der Waals surface area contributed by atoms with Gasteiger partial charge in [0.25, 0.3) is 0 Å². The zero-order valence-corrected chi connectivity index (χ0v) is 27.1. The lowest BCUT2D eigenvalue weighted by atomic mass is 9.87. The fourth-order valence-electron chi connectivity index (χ4n) is 6.25. The summed E-state index contributed by atoms with van der Waals surface area (Å²) in [5.74, 6) is 1.52. The first kappa shape index (κ1) is 37.0. The van der Waals surface area contributed by atoms with Gasteiger partial charge in [0, 0.05) is 0 Å². The fraction of sp³-hybridized carbons (Fsp3) is 1.00. The van der Waals surface area contributed by atoms with Crippen molar-refractivity contribution >= 4 is 0 Å². The summed E-state index contributed by atoms with van der Waals surface area (Å²) < 4.78 is 7.27. The molecule has 0 rings (SSSR count). The smallest absolute Gasteiger partial charge is 0.0607 e. The molecule has 0 saturated heterocycles. The number of rotatable bonds is 30. The van der Waals surface area contributed by atoms with Crippen molar-refractivity contribution < 1.29 is 4.74 Å². The SMILES string of the molecule is CCCCCCCCCCC(OC(CCCCCCCCCC)C(CC)CCCC)C(CC)CCCC. The lowest BCUT2D eigenvalue weighted by Gasteiger charge is -2.35. The Morgan fingerprint density at radius 1 is 0.324 bits per heavy atom. The minimum Gasteiger partial charge on any atom is -0.374 e. The van der Waals surface area contributed by atoms with E-state index in [1.807, 2.05) is 0 Å². The van der Waals surface area contributed by atoms with E-state index in [0.29, 0.717) is 12.2 Å². The van der Waals surface area contributed by atoms with Crippen LogP contribution in [-0.4, -0.2) is 12.2 Å². The van der Waals surface area contributed by atoms with Gasteiger partial charge < -0.3 is 4.74 Å². The highest BCUT2D eigenvalue weighted by atomic mass is 16.5. The largest absolute Gasteiger partial charge is 0.374 e. The molecule has 0 N–H and O–H groups in total. The minimum absolute atomic E-state index is 0.492. The van der Waals surface area contributed by atoms with E-state index in [1.54, 1.807) is 0 Å². The minimum atomic E-state index is 0.492. The molecule has 0 aliphatic carbocycles. The average Bonchev–Trinajstić information content (AvgIpc) is 2.91. The van der Waals surface area contributed by atoms with Crippen LogP contribution >= 0.6 is 0 Å². The monoisotopic (exact) mass is 523 g/mol. The summed E-state index contributed by atoms with van der Waals surface area (Å²) in [4.78, 5) is 0. The summed E-state index contributed by atoms with van der Waals surface area (Å²) in [6.45, 7) is 14.2. The molecule has 0 saturated carbocycles. The first-order valence-corrected chi connectivity index (χ1v) is 17.8. The Balaban J connectivity index is 4.98. The number of hydrogen-bond donors (Lipinski definition) is 0. The van der Waals surface area contributed by atoms with Gasteiger partial charge >= 0.3 is 0 Å². The van der Waals surface area contributed by atoms with Crippen LogP contribution < -0.4 is 0 Å². The molecule has 0 aromatic heterocycles. The van der Waals surface area contributed by atoms with Crippen molar-refractivity contribution in [1.29, 1.82) is 0 Å². The van der Waals surface area contributed by atoms with Gasteiger partial charge in [-0.25, -0.2) is 0 Å². The molecular formula is C36H74O. The van der Waals surface area contributed by atoms with Gasteiger partial charge in [0.05, 0.1) is 12.2 Å². The molecule has 0 bridgehead atoms. The van der Waals surface area contributed by atoms with Gasteiger partial charge in [-0.15, -0.1) is 0 Å². The molecular weight excluding hydrogens is 448 g/mol. The molecule has 0 aliphatic rings. The van der Waals surface area contributed by atoms with Gasteiger partial charge in [-0.3, -0.25) is 0 Å². The fourth-order valence-corrected chi connectivity index (χ4v) is 6.25. The quantitative estimate of drug-likeness (QED) is 0.0852. The molecule has 0 radical (unpaired) electrons. The summed E-state index contributed by atoms with van der Waals surface area (Å²) in [5, 5.41) is 0. The van der Waals surface area contributed by atoms with Gasteiger partial charge in [0.15, 0.2) is 0 Å². The summed E-state index contributed by atoms with van der Waals surface area (Å²) in [6.07, 6.45) is 36.9. The number of ether oxygens (including phenoxy) is 1. The second-order valence-corrected chi connectivity index (χ2v) is 12.4. The Bertz CT molecular complexity index is 381. The second-order valence-electron chi connectivity index (χ2n) is 12.4. The Hall–Kier alpha value is -0.0400. The van der Waals surface area contributed by atoms with Crippen molar-refractivity contribution in [2.24, 2.45) is 11.8 Å². The summed E-state index contributed by atoms with van der Waals surface area (Å²) in [6, 6.07) is 0. The molecule has 4 atom stereocenters. The summed E-state index contributed by atoms with van der Waals surface area (Å²) in [5.41, 5.74) is 0. The van der Waals surface area contributed by atoms with Gasteiger partial charge in [-0.1, -0.05) is 183 Å². The molecule has 0 fully saturated rings. The molecule has 1 nitrogen and oxygen atoms in total. The molecule has 4 unspecified atom stereocenters. The molecule has 37 heavy (non-hydrogen) atoms. The van der Waals surface area contributed by atoms with E-state index in [2.05, 4.69) is 41.5 Å². The van der Waals surface area contributed by atoms with Gasteiger partial charge in [-0.05, 0) is 37.5 Å². The van der Waals surface area contributed by atoms with Crippen LogP contribution in [0.1, 0.15) is 208 Å². The maximum absolute atomic E-state index is 7.27. The maximum atomic E-state index is 7.27. The normalized spacial score (nSPS) is 15.1. The lowest BCUT2D eigenvalue weighted by Crippen LogP contribution is -2.33. The zero-order valence-electron chi connectivity index (χ0n) is 27.1. The van der Waals surface area contributed by atoms with Gasteiger partial charge in [-0.2, -0.15) is 0 Å². The Morgan fingerprint density at radius 3 is 0.919 bits per heavy atom. The molecule has 0 spiro atoms. The third kappa shape index (κ3) is 21.5. The Labute approximate surface area is 237 Å². The van der Waals surface area contributed by atoms with Crippen LogP contribution in [0.5, 0.6) is 0 Å². The van der Waals surface area contributed by atoms with Crippen LogP contribution in [0.3, 0.4) is 0 Å². The third-order valence-electron chi connectivity index (χ3n) is 8.99. The topological polar surface area (TPSA) is 9.23 Å². The molecule has 0 amide bonds. The van der Waals surface area contributed by atoms with Gasteiger partial charge in [0.2, 0.25) is 0 Å². The highest BCUT2D eigenvalue weighted by molar-refractivity contribution is 4.77. The van der Waals surface area contributed by atoms with E-state index < -0.39 is 0 Å². The first-order chi connectivity index (χ1) is 18.2.